The van der Waals surface area contributed by atoms with Gasteiger partial charge in [0.25, 0.3) is 6.01 Å². The predicted octanol–water partition coefficient (Wildman–Crippen LogP) is 2.66. The molecule has 0 bridgehead atoms. The van der Waals surface area contributed by atoms with Gasteiger partial charge in [0.05, 0.1) is 0 Å². The van der Waals surface area contributed by atoms with Crippen LogP contribution in [0.3, 0.4) is 0 Å². The van der Waals surface area contributed by atoms with Crippen LogP contribution in [-0.2, 0) is 4.74 Å². The van der Waals surface area contributed by atoms with Gasteiger partial charge < -0.3 is 9.84 Å². The summed E-state index contributed by atoms with van der Waals surface area (Å²) < 4.78 is 77.3. The first-order chi connectivity index (χ1) is 6.98. The molecule has 0 aliphatic carbocycles. The van der Waals surface area contributed by atoms with Crippen LogP contribution in [0.15, 0.2) is 24.2 Å². The quantitative estimate of drug-likeness (QED) is 0.601. The van der Waals surface area contributed by atoms with Gasteiger partial charge in [-0.2, -0.15) is 26.3 Å². The minimum absolute atomic E-state index is 0.107. The summed E-state index contributed by atoms with van der Waals surface area (Å²) in [7, 11) is 0. The normalized spacial score (nSPS) is 28.6. The van der Waals surface area contributed by atoms with E-state index in [9.17, 15) is 31.4 Å². The summed E-state index contributed by atoms with van der Waals surface area (Å²) in [4.78, 5) is 0. The number of alkyl halides is 5. The Balaban J connectivity index is 2.92. The molecule has 1 heterocycles. The van der Waals surface area contributed by atoms with Crippen LogP contribution >= 0.6 is 0 Å². The highest BCUT2D eigenvalue weighted by Gasteiger charge is 2.61. The van der Waals surface area contributed by atoms with Crippen molar-refractivity contribution in [2.24, 2.45) is 0 Å². The van der Waals surface area contributed by atoms with Crippen LogP contribution in [0.1, 0.15) is 6.42 Å². The lowest BCUT2D eigenvalue weighted by molar-refractivity contribution is -0.287. The SMILES string of the molecule is C=C(CC1(O)C=C(F)OC1(F)F)C(F)(F)F. The lowest BCUT2D eigenvalue weighted by Crippen LogP contribution is -2.45. The second kappa shape index (κ2) is 3.41. The molecule has 8 heteroatoms. The molecule has 0 saturated heterocycles. The average Bonchev–Trinajstić information content (AvgIpc) is 2.17. The predicted molar refractivity (Wildman–Crippen MR) is 40.0 cm³/mol. The molecule has 0 aromatic rings. The van der Waals surface area contributed by atoms with Crippen molar-refractivity contribution in [3.05, 3.63) is 24.2 Å². The largest absolute Gasteiger partial charge is 0.433 e. The topological polar surface area (TPSA) is 29.5 Å². The van der Waals surface area contributed by atoms with Gasteiger partial charge in [-0.25, -0.2) is 0 Å². The average molecular weight is 248 g/mol. The summed E-state index contributed by atoms with van der Waals surface area (Å²) in [6, 6.07) is -1.83. The van der Waals surface area contributed by atoms with Gasteiger partial charge in [-0.1, -0.05) is 6.58 Å². The molecule has 1 unspecified atom stereocenters. The minimum Gasteiger partial charge on any atom is -0.404 e. The van der Waals surface area contributed by atoms with Crippen molar-refractivity contribution in [2.75, 3.05) is 0 Å². The summed E-state index contributed by atoms with van der Waals surface area (Å²) in [5.41, 5.74) is -4.98. The van der Waals surface area contributed by atoms with Crippen molar-refractivity contribution in [1.29, 1.82) is 0 Å². The minimum atomic E-state index is -4.95. The highest BCUT2D eigenvalue weighted by Crippen LogP contribution is 2.45. The molecule has 1 atom stereocenters. The molecule has 0 amide bonds. The number of ether oxygens (including phenoxy) is 1. The summed E-state index contributed by atoms with van der Waals surface area (Å²) in [5.74, 6) is 0. The van der Waals surface area contributed by atoms with Gasteiger partial charge in [-0.3, -0.25) is 0 Å². The van der Waals surface area contributed by atoms with E-state index in [0.29, 0.717) is 0 Å². The Morgan fingerprint density at radius 3 is 2.25 bits per heavy atom. The zero-order valence-corrected chi connectivity index (χ0v) is 7.61. The van der Waals surface area contributed by atoms with E-state index in [0.717, 1.165) is 0 Å². The molecule has 1 rings (SSSR count). The van der Waals surface area contributed by atoms with Crippen molar-refractivity contribution in [3.8, 4) is 0 Å². The van der Waals surface area contributed by atoms with Crippen LogP contribution < -0.4 is 0 Å². The Morgan fingerprint density at radius 2 is 1.94 bits per heavy atom. The monoisotopic (exact) mass is 248 g/mol. The second-order valence-corrected chi connectivity index (χ2v) is 3.27. The van der Waals surface area contributed by atoms with Crippen LogP contribution in [0.25, 0.3) is 0 Å². The first kappa shape index (κ1) is 12.9. The molecule has 92 valence electrons. The van der Waals surface area contributed by atoms with Crippen LogP contribution in [-0.4, -0.2) is 23.0 Å². The van der Waals surface area contributed by atoms with Gasteiger partial charge in [0.15, 0.2) is 5.60 Å². The van der Waals surface area contributed by atoms with E-state index in [2.05, 4.69) is 11.3 Å². The summed E-state index contributed by atoms with van der Waals surface area (Å²) in [5, 5.41) is 9.17. The molecule has 1 aliphatic heterocycles. The maximum Gasteiger partial charge on any atom is 0.433 e. The second-order valence-electron chi connectivity index (χ2n) is 3.27. The van der Waals surface area contributed by atoms with Crippen molar-refractivity contribution in [2.45, 2.75) is 24.3 Å². The van der Waals surface area contributed by atoms with E-state index < -0.39 is 35.9 Å². The molecule has 0 saturated carbocycles. The number of hydrogen-bond donors (Lipinski definition) is 1. The lowest BCUT2D eigenvalue weighted by atomic mass is 9.94. The highest BCUT2D eigenvalue weighted by molar-refractivity contribution is 5.20. The Kier molecular flexibility index (Phi) is 2.74. The number of hydrogen-bond acceptors (Lipinski definition) is 2. The van der Waals surface area contributed by atoms with Crippen LogP contribution in [0, 0.1) is 0 Å². The van der Waals surface area contributed by atoms with Crippen molar-refractivity contribution >= 4 is 0 Å². The number of halogens is 6. The zero-order chi connectivity index (χ0) is 12.8. The third-order valence-electron chi connectivity index (χ3n) is 1.97. The number of rotatable bonds is 2. The fraction of sp³-hybridized carbons (Fsp3) is 0.500. The van der Waals surface area contributed by atoms with Crippen LogP contribution in [0.4, 0.5) is 26.3 Å². The summed E-state index contributed by atoms with van der Waals surface area (Å²) in [6.07, 6.45) is -11.1. The van der Waals surface area contributed by atoms with Gasteiger partial charge in [0.2, 0.25) is 0 Å². The van der Waals surface area contributed by atoms with Gasteiger partial charge in [0.1, 0.15) is 0 Å². The molecule has 1 aliphatic rings. The van der Waals surface area contributed by atoms with Gasteiger partial charge in [-0.15, -0.1) is 0 Å². The first-order valence-electron chi connectivity index (χ1n) is 3.90. The first-order valence-corrected chi connectivity index (χ1v) is 3.90. The Hall–Kier alpha value is -1.18. The molecule has 0 aromatic heterocycles. The summed E-state index contributed by atoms with van der Waals surface area (Å²) in [6.45, 7) is 2.50. The van der Waals surface area contributed by atoms with Crippen molar-refractivity contribution < 1.29 is 36.2 Å². The van der Waals surface area contributed by atoms with E-state index in [1.807, 2.05) is 0 Å². The van der Waals surface area contributed by atoms with Crippen LogP contribution in [0.5, 0.6) is 0 Å². The lowest BCUT2D eigenvalue weighted by Gasteiger charge is -2.27. The fourth-order valence-corrected chi connectivity index (χ4v) is 1.09. The number of aliphatic hydroxyl groups is 1. The Labute approximate surface area is 85.8 Å². The van der Waals surface area contributed by atoms with Gasteiger partial charge >= 0.3 is 12.3 Å². The van der Waals surface area contributed by atoms with E-state index in [4.69, 9.17) is 0 Å². The van der Waals surface area contributed by atoms with Gasteiger partial charge in [-0.05, 0) is 0 Å². The molecule has 0 fully saturated rings. The van der Waals surface area contributed by atoms with Crippen molar-refractivity contribution in [3.63, 3.8) is 0 Å². The smallest absolute Gasteiger partial charge is 0.404 e. The molecule has 0 radical (unpaired) electrons. The molecule has 0 spiro atoms. The Morgan fingerprint density at radius 1 is 1.44 bits per heavy atom. The molecule has 0 aromatic carbocycles. The third-order valence-corrected chi connectivity index (χ3v) is 1.97. The highest BCUT2D eigenvalue weighted by atomic mass is 19.4. The maximum absolute atomic E-state index is 12.8. The third kappa shape index (κ3) is 2.16. The molecular formula is C8H6F6O2. The molecule has 16 heavy (non-hydrogen) atoms. The van der Waals surface area contributed by atoms with E-state index in [1.54, 1.807) is 0 Å². The zero-order valence-electron chi connectivity index (χ0n) is 7.61. The van der Waals surface area contributed by atoms with E-state index >= 15 is 0 Å². The van der Waals surface area contributed by atoms with E-state index in [-0.39, 0.29) is 6.08 Å². The van der Waals surface area contributed by atoms with Crippen LogP contribution in [0.2, 0.25) is 0 Å². The standard InChI is InChI=1S/C8H6F6O2/c1-4(7(10,11)12)2-6(15)3-5(9)16-8(6,13)14/h3,15H,1-2H2. The maximum atomic E-state index is 12.8. The molecule has 2 nitrogen and oxygen atoms in total. The molecular weight excluding hydrogens is 242 g/mol. The summed E-state index contributed by atoms with van der Waals surface area (Å²) >= 11 is 0. The fourth-order valence-electron chi connectivity index (χ4n) is 1.09. The molecule has 1 N–H and O–H groups in total. The Bertz CT molecular complexity index is 345. The van der Waals surface area contributed by atoms with Gasteiger partial charge in [0, 0.05) is 18.1 Å². The van der Waals surface area contributed by atoms with E-state index in [1.165, 1.54) is 0 Å². The van der Waals surface area contributed by atoms with Crippen molar-refractivity contribution in [1.82, 2.24) is 0 Å².